The highest BCUT2D eigenvalue weighted by Crippen LogP contribution is 2.29. The fourth-order valence-electron chi connectivity index (χ4n) is 1.01. The number of hydrogen-bond donors (Lipinski definition) is 2. The lowest BCUT2D eigenvalue weighted by Crippen LogP contribution is -2.21. The van der Waals surface area contributed by atoms with Crippen LogP contribution < -0.4 is 10.9 Å². The lowest BCUT2D eigenvalue weighted by molar-refractivity contribution is -0.117. The largest absolute Gasteiger partial charge is 0.295 e. The second-order valence-corrected chi connectivity index (χ2v) is 3.35. The number of aromatic amines is 1. The van der Waals surface area contributed by atoms with Crippen LogP contribution in [-0.4, -0.2) is 21.1 Å². The average Bonchev–Trinajstić information content (AvgIpc) is 2.94. The summed E-state index contributed by atoms with van der Waals surface area (Å²) in [5, 5.41) is 9.76. The molecule has 0 spiro atoms. The van der Waals surface area contributed by atoms with E-state index in [1.54, 1.807) is 6.92 Å². The number of amides is 1. The smallest absolute Gasteiger partial charge is 0.273 e. The van der Waals surface area contributed by atoms with Crippen molar-refractivity contribution in [1.29, 1.82) is 0 Å². The van der Waals surface area contributed by atoms with Gasteiger partial charge in [0.2, 0.25) is 11.9 Å². The molecule has 0 aliphatic heterocycles. The Kier molecular flexibility index (Phi) is 2.03. The van der Waals surface area contributed by atoms with Gasteiger partial charge in [-0.25, -0.2) is 0 Å². The average molecular weight is 194 g/mol. The third kappa shape index (κ3) is 1.78. The number of aryl methyl sites for hydroxylation is 1. The number of aromatic nitrogens is 3. The number of nitrogens with zero attached hydrogens (tertiary/aromatic N) is 2. The van der Waals surface area contributed by atoms with Crippen molar-refractivity contribution in [3.05, 3.63) is 16.0 Å². The van der Waals surface area contributed by atoms with Gasteiger partial charge in [-0.05, 0) is 19.8 Å². The molecule has 2 N–H and O–H groups in total. The highest BCUT2D eigenvalue weighted by Gasteiger charge is 2.30. The van der Waals surface area contributed by atoms with E-state index in [-0.39, 0.29) is 29.0 Å². The Morgan fingerprint density at radius 1 is 1.50 bits per heavy atom. The molecule has 0 unspecified atom stereocenters. The van der Waals surface area contributed by atoms with Crippen LogP contribution in [0.5, 0.6) is 0 Å². The van der Waals surface area contributed by atoms with Gasteiger partial charge in [0.25, 0.3) is 5.56 Å². The van der Waals surface area contributed by atoms with Gasteiger partial charge in [0.05, 0.1) is 0 Å². The Morgan fingerprint density at radius 3 is 2.79 bits per heavy atom. The molecular formula is C8H10N4O2. The first kappa shape index (κ1) is 8.86. The molecule has 1 aliphatic carbocycles. The van der Waals surface area contributed by atoms with E-state index in [2.05, 4.69) is 20.5 Å². The van der Waals surface area contributed by atoms with Gasteiger partial charge in [-0.1, -0.05) is 0 Å². The van der Waals surface area contributed by atoms with Crippen molar-refractivity contribution in [2.24, 2.45) is 5.92 Å². The number of anilines is 1. The maximum atomic E-state index is 11.3. The molecule has 6 heteroatoms. The van der Waals surface area contributed by atoms with Crippen molar-refractivity contribution in [2.45, 2.75) is 19.8 Å². The van der Waals surface area contributed by atoms with Crippen LogP contribution in [0.3, 0.4) is 0 Å². The van der Waals surface area contributed by atoms with Crippen molar-refractivity contribution in [3.63, 3.8) is 0 Å². The quantitative estimate of drug-likeness (QED) is 0.683. The number of hydrogen-bond acceptors (Lipinski definition) is 4. The fraction of sp³-hybridized carbons (Fsp3) is 0.500. The molecule has 6 nitrogen and oxygen atoms in total. The van der Waals surface area contributed by atoms with Crippen LogP contribution in [0.25, 0.3) is 0 Å². The number of H-pyrrole nitrogens is 1. The molecule has 1 heterocycles. The molecule has 0 radical (unpaired) electrons. The van der Waals surface area contributed by atoms with Gasteiger partial charge in [-0.15, -0.1) is 10.2 Å². The Morgan fingerprint density at radius 2 is 2.21 bits per heavy atom. The molecular weight excluding hydrogens is 184 g/mol. The van der Waals surface area contributed by atoms with E-state index in [9.17, 15) is 9.59 Å². The van der Waals surface area contributed by atoms with Gasteiger partial charge >= 0.3 is 0 Å². The number of carbonyl (C=O) groups excluding carboxylic acids is 1. The standard InChI is InChI=1S/C8H10N4O2/c1-4-6(13)9-8(12-11-4)10-7(14)5-2-3-5/h5H,2-3H2,1H3,(H2,9,10,12,13,14). The van der Waals surface area contributed by atoms with Crippen molar-refractivity contribution in [3.8, 4) is 0 Å². The summed E-state index contributed by atoms with van der Waals surface area (Å²) in [5.41, 5.74) is -0.0412. The maximum absolute atomic E-state index is 11.3. The van der Waals surface area contributed by atoms with Crippen LogP contribution in [-0.2, 0) is 4.79 Å². The molecule has 1 aromatic rings. The van der Waals surface area contributed by atoms with Crippen molar-refractivity contribution in [1.82, 2.24) is 15.2 Å². The Balaban J connectivity index is 2.12. The summed E-state index contributed by atoms with van der Waals surface area (Å²) >= 11 is 0. The van der Waals surface area contributed by atoms with E-state index >= 15 is 0 Å². The summed E-state index contributed by atoms with van der Waals surface area (Å²) in [5.74, 6) is 0.109. The molecule has 1 amide bonds. The van der Waals surface area contributed by atoms with Gasteiger partial charge in [-0.2, -0.15) is 0 Å². The second kappa shape index (κ2) is 3.21. The van der Waals surface area contributed by atoms with Gasteiger partial charge in [0.15, 0.2) is 0 Å². The SMILES string of the molecule is Cc1nnc(NC(=O)C2CC2)[nH]c1=O. The van der Waals surface area contributed by atoms with Crippen molar-refractivity contribution < 1.29 is 4.79 Å². The number of carbonyl (C=O) groups is 1. The second-order valence-electron chi connectivity index (χ2n) is 3.35. The summed E-state index contributed by atoms with van der Waals surface area (Å²) in [6.07, 6.45) is 1.82. The highest BCUT2D eigenvalue weighted by atomic mass is 16.2. The van der Waals surface area contributed by atoms with Crippen LogP contribution >= 0.6 is 0 Å². The fourth-order valence-corrected chi connectivity index (χ4v) is 1.01. The summed E-state index contributed by atoms with van der Waals surface area (Å²) in [6.45, 7) is 1.55. The van der Waals surface area contributed by atoms with Crippen molar-refractivity contribution >= 4 is 11.9 Å². The van der Waals surface area contributed by atoms with Gasteiger partial charge in [0, 0.05) is 5.92 Å². The topological polar surface area (TPSA) is 87.7 Å². The van der Waals surface area contributed by atoms with E-state index < -0.39 is 0 Å². The molecule has 1 fully saturated rings. The van der Waals surface area contributed by atoms with Crippen LogP contribution in [0.4, 0.5) is 5.95 Å². The van der Waals surface area contributed by atoms with E-state index in [4.69, 9.17) is 0 Å². The summed E-state index contributed by atoms with van der Waals surface area (Å²) in [7, 11) is 0. The number of rotatable bonds is 2. The van der Waals surface area contributed by atoms with E-state index in [1.165, 1.54) is 0 Å². The monoisotopic (exact) mass is 194 g/mol. The molecule has 0 saturated heterocycles. The van der Waals surface area contributed by atoms with E-state index in [1.807, 2.05) is 0 Å². The third-order valence-electron chi connectivity index (χ3n) is 2.05. The molecule has 0 atom stereocenters. The molecule has 74 valence electrons. The van der Waals surface area contributed by atoms with E-state index in [0.29, 0.717) is 0 Å². The lowest BCUT2D eigenvalue weighted by Gasteiger charge is -2.00. The third-order valence-corrected chi connectivity index (χ3v) is 2.05. The minimum atomic E-state index is -0.328. The predicted molar refractivity (Wildman–Crippen MR) is 48.7 cm³/mol. The molecule has 14 heavy (non-hydrogen) atoms. The molecule has 1 aliphatic rings. The molecule has 0 aromatic carbocycles. The Hall–Kier alpha value is -1.72. The summed E-state index contributed by atoms with van der Waals surface area (Å²) < 4.78 is 0. The minimum absolute atomic E-state index is 0.0848. The van der Waals surface area contributed by atoms with E-state index in [0.717, 1.165) is 12.8 Å². The minimum Gasteiger partial charge on any atom is -0.295 e. The normalized spacial score (nSPS) is 15.2. The van der Waals surface area contributed by atoms with Crippen LogP contribution in [0.1, 0.15) is 18.5 Å². The van der Waals surface area contributed by atoms with Crippen molar-refractivity contribution in [2.75, 3.05) is 5.32 Å². The lowest BCUT2D eigenvalue weighted by atomic mass is 10.4. The Bertz CT molecular complexity index is 422. The Labute approximate surface area is 79.8 Å². The zero-order valence-corrected chi connectivity index (χ0v) is 7.70. The van der Waals surface area contributed by atoms with Gasteiger partial charge in [0.1, 0.15) is 5.69 Å². The zero-order chi connectivity index (χ0) is 10.1. The highest BCUT2D eigenvalue weighted by molar-refractivity contribution is 5.92. The summed E-state index contributed by atoms with van der Waals surface area (Å²) in [4.78, 5) is 24.8. The summed E-state index contributed by atoms with van der Waals surface area (Å²) in [6, 6.07) is 0. The molecule has 0 bridgehead atoms. The van der Waals surface area contributed by atoms with Gasteiger partial charge < -0.3 is 0 Å². The van der Waals surface area contributed by atoms with Crippen LogP contribution in [0.15, 0.2) is 4.79 Å². The molecule has 1 aromatic heterocycles. The zero-order valence-electron chi connectivity index (χ0n) is 7.70. The van der Waals surface area contributed by atoms with Crippen LogP contribution in [0.2, 0.25) is 0 Å². The predicted octanol–water partition coefficient (Wildman–Crippen LogP) is -0.178. The number of nitrogens with one attached hydrogen (secondary N) is 2. The first-order valence-electron chi connectivity index (χ1n) is 4.41. The maximum Gasteiger partial charge on any atom is 0.273 e. The van der Waals surface area contributed by atoms with Crippen LogP contribution in [0, 0.1) is 12.8 Å². The first-order valence-corrected chi connectivity index (χ1v) is 4.41. The molecule has 2 rings (SSSR count). The molecule has 1 saturated carbocycles. The first-order chi connectivity index (χ1) is 6.66. The van der Waals surface area contributed by atoms with Gasteiger partial charge in [-0.3, -0.25) is 19.9 Å².